The van der Waals surface area contributed by atoms with Crippen LogP contribution in [-0.4, -0.2) is 14.5 Å². The van der Waals surface area contributed by atoms with Gasteiger partial charge in [-0.3, -0.25) is 4.57 Å². The Balaban J connectivity index is 1.98. The van der Waals surface area contributed by atoms with Gasteiger partial charge in [-0.2, -0.15) is 4.98 Å². The summed E-state index contributed by atoms with van der Waals surface area (Å²) in [6.45, 7) is 0. The Morgan fingerprint density at radius 1 is 1.09 bits per heavy atom. The summed E-state index contributed by atoms with van der Waals surface area (Å²) < 4.78 is 1.30. The molecule has 0 radical (unpaired) electrons. The molecule has 7 heteroatoms. The predicted octanol–water partition coefficient (Wildman–Crippen LogP) is 2.29. The van der Waals surface area contributed by atoms with Crippen molar-refractivity contribution in [1.82, 2.24) is 14.5 Å². The molecule has 0 fully saturated rings. The Morgan fingerprint density at radius 3 is 2.55 bits per heavy atom. The summed E-state index contributed by atoms with van der Waals surface area (Å²) in [6, 6.07) is 16.0. The van der Waals surface area contributed by atoms with Crippen molar-refractivity contribution < 1.29 is 0 Å². The van der Waals surface area contributed by atoms with E-state index in [1.807, 2.05) is 18.2 Å². The largest absolute Gasteiger partial charge is 0.356 e. The van der Waals surface area contributed by atoms with Gasteiger partial charge in [0.1, 0.15) is 6.33 Å². The minimum Gasteiger partial charge on any atom is -0.251 e. The molecule has 0 amide bonds. The van der Waals surface area contributed by atoms with Crippen molar-refractivity contribution in [3.8, 4) is 5.69 Å². The summed E-state index contributed by atoms with van der Waals surface area (Å²) >= 11 is 5.92. The second-order valence-electron chi connectivity index (χ2n) is 4.49. The van der Waals surface area contributed by atoms with Crippen LogP contribution in [0.25, 0.3) is 5.69 Å². The standard InChI is InChI=1S/C15H12ClN5O/c16-11-5-4-8-13(9-11)20-10-18-14(19-15(20)22)21(17)12-6-2-1-3-7-12/h1-10H,17H2. The highest BCUT2D eigenvalue weighted by Gasteiger charge is 2.10. The predicted molar refractivity (Wildman–Crippen MR) is 85.4 cm³/mol. The summed E-state index contributed by atoms with van der Waals surface area (Å²) in [7, 11) is 0. The van der Waals surface area contributed by atoms with Crippen molar-refractivity contribution in [2.45, 2.75) is 0 Å². The zero-order valence-electron chi connectivity index (χ0n) is 11.4. The summed E-state index contributed by atoms with van der Waals surface area (Å²) in [6.07, 6.45) is 1.37. The third kappa shape index (κ3) is 2.83. The topological polar surface area (TPSA) is 77.0 Å². The number of rotatable bonds is 3. The number of hydrogen-bond acceptors (Lipinski definition) is 5. The first-order valence-electron chi connectivity index (χ1n) is 6.47. The van der Waals surface area contributed by atoms with E-state index in [0.29, 0.717) is 16.4 Å². The van der Waals surface area contributed by atoms with Gasteiger partial charge < -0.3 is 0 Å². The molecule has 3 rings (SSSR count). The Hall–Kier alpha value is -2.70. The molecule has 0 spiro atoms. The van der Waals surface area contributed by atoms with E-state index in [2.05, 4.69) is 9.97 Å². The smallest absolute Gasteiger partial charge is 0.251 e. The highest BCUT2D eigenvalue weighted by molar-refractivity contribution is 6.30. The van der Waals surface area contributed by atoms with Crippen LogP contribution in [0.1, 0.15) is 0 Å². The lowest BCUT2D eigenvalue weighted by atomic mass is 10.3. The SMILES string of the molecule is NN(c1ccccc1)c1ncn(-c2cccc(Cl)c2)c(=O)n1. The summed E-state index contributed by atoms with van der Waals surface area (Å²) in [5.74, 6) is 6.06. The molecule has 110 valence electrons. The maximum atomic E-state index is 12.2. The Labute approximate surface area is 131 Å². The molecule has 1 heterocycles. The first-order chi connectivity index (χ1) is 10.6. The maximum absolute atomic E-state index is 12.2. The molecule has 0 aliphatic rings. The molecular formula is C15H12ClN5O. The third-order valence-corrected chi connectivity index (χ3v) is 3.26. The van der Waals surface area contributed by atoms with E-state index in [9.17, 15) is 4.79 Å². The van der Waals surface area contributed by atoms with Gasteiger partial charge in [-0.25, -0.2) is 20.6 Å². The number of hydrazine groups is 1. The van der Waals surface area contributed by atoms with Crippen LogP contribution in [0.3, 0.4) is 0 Å². The van der Waals surface area contributed by atoms with Gasteiger partial charge in [0.2, 0.25) is 0 Å². The fraction of sp³-hybridized carbons (Fsp3) is 0. The van der Waals surface area contributed by atoms with Crippen molar-refractivity contribution in [1.29, 1.82) is 0 Å². The molecule has 0 unspecified atom stereocenters. The number of nitrogens with zero attached hydrogens (tertiary/aromatic N) is 4. The van der Waals surface area contributed by atoms with Crippen LogP contribution in [0.15, 0.2) is 65.7 Å². The third-order valence-electron chi connectivity index (χ3n) is 3.03. The Bertz CT molecular complexity index is 850. The van der Waals surface area contributed by atoms with E-state index in [1.165, 1.54) is 15.9 Å². The number of anilines is 2. The Morgan fingerprint density at radius 2 is 1.86 bits per heavy atom. The van der Waals surface area contributed by atoms with E-state index >= 15 is 0 Å². The molecule has 0 bridgehead atoms. The lowest BCUT2D eigenvalue weighted by Crippen LogP contribution is -2.31. The fourth-order valence-corrected chi connectivity index (χ4v) is 2.13. The van der Waals surface area contributed by atoms with Crippen molar-refractivity contribution in [2.75, 3.05) is 5.01 Å². The van der Waals surface area contributed by atoms with Crippen LogP contribution in [0.5, 0.6) is 0 Å². The minimum atomic E-state index is -0.487. The monoisotopic (exact) mass is 313 g/mol. The molecule has 3 aromatic rings. The van der Waals surface area contributed by atoms with E-state index < -0.39 is 5.69 Å². The second kappa shape index (κ2) is 5.97. The van der Waals surface area contributed by atoms with Gasteiger partial charge >= 0.3 is 5.69 Å². The number of para-hydroxylation sites is 1. The van der Waals surface area contributed by atoms with Gasteiger partial charge in [0, 0.05) is 5.02 Å². The number of halogens is 1. The molecule has 0 aliphatic carbocycles. The highest BCUT2D eigenvalue weighted by atomic mass is 35.5. The molecule has 0 saturated carbocycles. The van der Waals surface area contributed by atoms with Gasteiger partial charge in [0.15, 0.2) is 0 Å². The molecule has 1 aromatic heterocycles. The second-order valence-corrected chi connectivity index (χ2v) is 4.93. The van der Waals surface area contributed by atoms with Crippen LogP contribution in [0.2, 0.25) is 5.02 Å². The molecule has 2 N–H and O–H groups in total. The van der Waals surface area contributed by atoms with E-state index in [4.69, 9.17) is 17.4 Å². The van der Waals surface area contributed by atoms with Crippen molar-refractivity contribution in [2.24, 2.45) is 5.84 Å². The maximum Gasteiger partial charge on any atom is 0.356 e. The lowest BCUT2D eigenvalue weighted by molar-refractivity contribution is 0.833. The lowest BCUT2D eigenvalue weighted by Gasteiger charge is -2.16. The minimum absolute atomic E-state index is 0.120. The van der Waals surface area contributed by atoms with Crippen molar-refractivity contribution >= 4 is 23.2 Å². The van der Waals surface area contributed by atoms with Gasteiger partial charge in [0.05, 0.1) is 11.4 Å². The van der Waals surface area contributed by atoms with Crippen LogP contribution in [-0.2, 0) is 0 Å². The number of aromatic nitrogens is 3. The highest BCUT2D eigenvalue weighted by Crippen LogP contribution is 2.17. The van der Waals surface area contributed by atoms with E-state index in [-0.39, 0.29) is 5.95 Å². The molecule has 0 aliphatic heterocycles. The first-order valence-corrected chi connectivity index (χ1v) is 6.84. The number of hydrogen-bond donors (Lipinski definition) is 1. The van der Waals surface area contributed by atoms with Gasteiger partial charge in [-0.05, 0) is 30.3 Å². The molecule has 22 heavy (non-hydrogen) atoms. The van der Waals surface area contributed by atoms with Crippen LogP contribution in [0, 0.1) is 0 Å². The summed E-state index contributed by atoms with van der Waals surface area (Å²) in [5.41, 5.74) is 0.786. The summed E-state index contributed by atoms with van der Waals surface area (Å²) in [4.78, 5) is 20.2. The van der Waals surface area contributed by atoms with E-state index in [0.717, 1.165) is 0 Å². The molecule has 2 aromatic carbocycles. The van der Waals surface area contributed by atoms with Gasteiger partial charge in [-0.1, -0.05) is 35.9 Å². The van der Waals surface area contributed by atoms with Crippen LogP contribution < -0.4 is 16.5 Å². The van der Waals surface area contributed by atoms with Crippen molar-refractivity contribution in [3.05, 3.63) is 76.4 Å². The Kier molecular flexibility index (Phi) is 3.86. The zero-order valence-corrected chi connectivity index (χ0v) is 12.2. The zero-order chi connectivity index (χ0) is 15.5. The normalized spacial score (nSPS) is 10.5. The average Bonchev–Trinajstić information content (AvgIpc) is 2.55. The fourth-order valence-electron chi connectivity index (χ4n) is 1.95. The molecule has 0 saturated heterocycles. The molecule has 0 atom stereocenters. The summed E-state index contributed by atoms with van der Waals surface area (Å²) in [5, 5.41) is 1.78. The number of nitrogens with two attached hydrogens (primary N) is 1. The molecule has 6 nitrogen and oxygen atoms in total. The quantitative estimate of drug-likeness (QED) is 0.593. The van der Waals surface area contributed by atoms with Crippen molar-refractivity contribution in [3.63, 3.8) is 0 Å². The first kappa shape index (κ1) is 14.2. The van der Waals surface area contributed by atoms with Crippen LogP contribution in [0.4, 0.5) is 11.6 Å². The number of benzene rings is 2. The van der Waals surface area contributed by atoms with Gasteiger partial charge in [-0.15, -0.1) is 0 Å². The molecular weight excluding hydrogens is 302 g/mol. The average molecular weight is 314 g/mol. The van der Waals surface area contributed by atoms with Gasteiger partial charge in [0.25, 0.3) is 5.95 Å². The van der Waals surface area contributed by atoms with Crippen LogP contribution >= 0.6 is 11.6 Å². The van der Waals surface area contributed by atoms with E-state index in [1.54, 1.807) is 36.4 Å².